The van der Waals surface area contributed by atoms with E-state index in [1.54, 1.807) is 24.3 Å². The van der Waals surface area contributed by atoms with Crippen LogP contribution in [0.2, 0.25) is 5.02 Å². The second kappa shape index (κ2) is 5.23. The summed E-state index contributed by atoms with van der Waals surface area (Å²) in [5, 5.41) is 0.545. The van der Waals surface area contributed by atoms with Crippen LogP contribution in [-0.2, 0) is 6.61 Å². The van der Waals surface area contributed by atoms with Crippen LogP contribution in [0.3, 0.4) is 0 Å². The summed E-state index contributed by atoms with van der Waals surface area (Å²) in [6, 6.07) is 9.10. The van der Waals surface area contributed by atoms with Crippen LogP contribution in [0.1, 0.15) is 5.56 Å². The Morgan fingerprint density at radius 3 is 2.67 bits per heavy atom. The van der Waals surface area contributed by atoms with Crippen LogP contribution in [0.4, 0.5) is 14.5 Å². The van der Waals surface area contributed by atoms with Gasteiger partial charge in [-0.3, -0.25) is 0 Å². The van der Waals surface area contributed by atoms with E-state index in [1.807, 2.05) is 0 Å². The van der Waals surface area contributed by atoms with Gasteiger partial charge in [0, 0.05) is 5.02 Å². The largest absolute Gasteiger partial charge is 0.484 e. The summed E-state index contributed by atoms with van der Waals surface area (Å²) < 4.78 is 31.6. The summed E-state index contributed by atoms with van der Waals surface area (Å²) in [6.07, 6.45) is 0. The van der Waals surface area contributed by atoms with E-state index >= 15 is 0 Å². The fourth-order valence-electron chi connectivity index (χ4n) is 1.48. The molecule has 0 radical (unpaired) electrons. The molecular weight excluding hydrogens is 260 g/mol. The maximum Gasteiger partial charge on any atom is 0.202 e. The van der Waals surface area contributed by atoms with Gasteiger partial charge in [0.15, 0.2) is 11.6 Å². The molecule has 0 atom stereocenters. The minimum Gasteiger partial charge on any atom is -0.484 e. The number of nitrogen functional groups attached to an aromatic ring is 1. The van der Waals surface area contributed by atoms with E-state index in [0.717, 1.165) is 11.6 Å². The van der Waals surface area contributed by atoms with E-state index in [1.165, 1.54) is 6.07 Å². The number of nitrogens with two attached hydrogens (primary N) is 1. The third kappa shape index (κ3) is 2.71. The molecule has 0 amide bonds. The second-order valence-corrected chi connectivity index (χ2v) is 4.13. The molecule has 2 N–H and O–H groups in total. The van der Waals surface area contributed by atoms with Gasteiger partial charge in [-0.15, -0.1) is 0 Å². The quantitative estimate of drug-likeness (QED) is 0.861. The fourth-order valence-corrected chi connectivity index (χ4v) is 1.69. The highest BCUT2D eigenvalue weighted by atomic mass is 35.5. The highest BCUT2D eigenvalue weighted by molar-refractivity contribution is 6.30. The van der Waals surface area contributed by atoms with Crippen LogP contribution in [0.25, 0.3) is 0 Å². The van der Waals surface area contributed by atoms with Crippen LogP contribution in [0.15, 0.2) is 36.4 Å². The molecule has 0 heterocycles. The van der Waals surface area contributed by atoms with E-state index in [2.05, 4.69) is 0 Å². The SMILES string of the molecule is Nc1ccc(F)c(F)c1OCc1cccc(Cl)c1. The van der Waals surface area contributed by atoms with E-state index in [4.69, 9.17) is 22.1 Å². The Kier molecular flexibility index (Phi) is 3.67. The molecule has 0 spiro atoms. The van der Waals surface area contributed by atoms with E-state index in [0.29, 0.717) is 5.02 Å². The highest BCUT2D eigenvalue weighted by Crippen LogP contribution is 2.28. The second-order valence-electron chi connectivity index (χ2n) is 3.70. The Bertz CT molecular complexity index is 575. The zero-order valence-corrected chi connectivity index (χ0v) is 10.0. The third-order valence-electron chi connectivity index (χ3n) is 2.35. The van der Waals surface area contributed by atoms with Crippen molar-refractivity contribution in [3.63, 3.8) is 0 Å². The molecule has 2 nitrogen and oxygen atoms in total. The molecule has 0 saturated carbocycles. The molecule has 0 aromatic heterocycles. The van der Waals surface area contributed by atoms with Gasteiger partial charge in [-0.2, -0.15) is 4.39 Å². The Morgan fingerprint density at radius 1 is 1.17 bits per heavy atom. The average molecular weight is 270 g/mol. The first-order chi connectivity index (χ1) is 8.58. The van der Waals surface area contributed by atoms with Crippen LogP contribution < -0.4 is 10.5 Å². The van der Waals surface area contributed by atoms with Crippen molar-refractivity contribution in [3.05, 3.63) is 58.6 Å². The van der Waals surface area contributed by atoms with Gasteiger partial charge in [0.2, 0.25) is 5.82 Å². The molecule has 0 saturated heterocycles. The molecule has 5 heteroatoms. The first-order valence-corrected chi connectivity index (χ1v) is 5.56. The molecule has 2 rings (SSSR count). The third-order valence-corrected chi connectivity index (χ3v) is 2.59. The summed E-state index contributed by atoms with van der Waals surface area (Å²) in [7, 11) is 0. The molecule has 18 heavy (non-hydrogen) atoms. The molecule has 94 valence electrons. The lowest BCUT2D eigenvalue weighted by molar-refractivity contribution is 0.286. The minimum atomic E-state index is -1.09. The van der Waals surface area contributed by atoms with E-state index < -0.39 is 11.6 Å². The number of hydrogen-bond acceptors (Lipinski definition) is 2. The van der Waals surface area contributed by atoms with Crippen molar-refractivity contribution in [2.45, 2.75) is 6.61 Å². The first kappa shape index (κ1) is 12.6. The van der Waals surface area contributed by atoms with Crippen molar-refractivity contribution in [3.8, 4) is 5.75 Å². The topological polar surface area (TPSA) is 35.2 Å². The van der Waals surface area contributed by atoms with Gasteiger partial charge in [-0.05, 0) is 29.8 Å². The van der Waals surface area contributed by atoms with Crippen LogP contribution in [0, 0.1) is 11.6 Å². The number of hydrogen-bond donors (Lipinski definition) is 1. The van der Waals surface area contributed by atoms with Crippen LogP contribution >= 0.6 is 11.6 Å². The maximum atomic E-state index is 13.4. The Morgan fingerprint density at radius 2 is 1.94 bits per heavy atom. The zero-order chi connectivity index (χ0) is 13.1. The molecule has 0 aliphatic heterocycles. The number of benzene rings is 2. The Hall–Kier alpha value is -1.81. The molecule has 0 aliphatic rings. The number of halogens is 3. The smallest absolute Gasteiger partial charge is 0.202 e. The van der Waals surface area contributed by atoms with Crippen LogP contribution in [-0.4, -0.2) is 0 Å². The standard InChI is InChI=1S/C13H10ClF2NO/c14-9-3-1-2-8(6-9)7-18-13-11(17)5-4-10(15)12(13)16/h1-6H,7,17H2. The number of anilines is 1. The average Bonchev–Trinajstić information content (AvgIpc) is 2.34. The van der Waals surface area contributed by atoms with Gasteiger partial charge in [-0.25, -0.2) is 4.39 Å². The predicted molar refractivity (Wildman–Crippen MR) is 66.6 cm³/mol. The van der Waals surface area contributed by atoms with Crippen molar-refractivity contribution in [2.24, 2.45) is 0 Å². The minimum absolute atomic E-state index is 0.0518. The number of rotatable bonds is 3. The van der Waals surface area contributed by atoms with Gasteiger partial charge in [0.1, 0.15) is 6.61 Å². The maximum absolute atomic E-state index is 13.4. The molecule has 2 aromatic carbocycles. The summed E-state index contributed by atoms with van der Waals surface area (Å²) in [5.41, 5.74) is 6.32. The Labute approximate surface area is 108 Å². The summed E-state index contributed by atoms with van der Waals surface area (Å²) in [5.74, 6) is -2.36. The monoisotopic (exact) mass is 269 g/mol. The zero-order valence-electron chi connectivity index (χ0n) is 9.29. The van der Waals surface area contributed by atoms with Gasteiger partial charge in [0.25, 0.3) is 0 Å². The molecule has 0 bridgehead atoms. The van der Waals surface area contributed by atoms with Crippen molar-refractivity contribution in [1.29, 1.82) is 0 Å². The van der Waals surface area contributed by atoms with Crippen molar-refractivity contribution in [1.82, 2.24) is 0 Å². The first-order valence-electron chi connectivity index (χ1n) is 5.18. The molecule has 2 aromatic rings. The van der Waals surface area contributed by atoms with Gasteiger partial charge >= 0.3 is 0 Å². The van der Waals surface area contributed by atoms with E-state index in [9.17, 15) is 8.78 Å². The van der Waals surface area contributed by atoms with Crippen LogP contribution in [0.5, 0.6) is 5.75 Å². The van der Waals surface area contributed by atoms with Gasteiger partial charge in [-0.1, -0.05) is 23.7 Å². The predicted octanol–water partition coefficient (Wildman–Crippen LogP) is 3.78. The molecular formula is C13H10ClF2NO. The normalized spacial score (nSPS) is 10.4. The van der Waals surface area contributed by atoms with Gasteiger partial charge in [0.05, 0.1) is 5.69 Å². The molecule has 0 aliphatic carbocycles. The lowest BCUT2D eigenvalue weighted by atomic mass is 10.2. The summed E-state index contributed by atoms with van der Waals surface area (Å²) in [6.45, 7) is 0.0606. The number of ether oxygens (including phenoxy) is 1. The van der Waals surface area contributed by atoms with Crippen molar-refractivity contribution >= 4 is 17.3 Å². The van der Waals surface area contributed by atoms with E-state index in [-0.39, 0.29) is 18.0 Å². The molecule has 0 fully saturated rings. The lowest BCUT2D eigenvalue weighted by Crippen LogP contribution is -2.02. The fraction of sp³-hybridized carbons (Fsp3) is 0.0769. The van der Waals surface area contributed by atoms with Crippen molar-refractivity contribution < 1.29 is 13.5 Å². The lowest BCUT2D eigenvalue weighted by Gasteiger charge is -2.10. The summed E-state index contributed by atoms with van der Waals surface area (Å²) >= 11 is 5.80. The molecule has 0 unspecified atom stereocenters. The highest BCUT2D eigenvalue weighted by Gasteiger charge is 2.13. The van der Waals surface area contributed by atoms with Gasteiger partial charge < -0.3 is 10.5 Å². The summed E-state index contributed by atoms with van der Waals surface area (Å²) in [4.78, 5) is 0. The van der Waals surface area contributed by atoms with Crippen molar-refractivity contribution in [2.75, 3.05) is 5.73 Å². The Balaban J connectivity index is 2.18.